The van der Waals surface area contributed by atoms with Crippen molar-refractivity contribution >= 4 is 0 Å². The highest BCUT2D eigenvalue weighted by atomic mass is 19.4. The Morgan fingerprint density at radius 2 is 1.00 bits per heavy atom. The molecule has 0 fully saturated rings. The lowest BCUT2D eigenvalue weighted by atomic mass is 10.0. The van der Waals surface area contributed by atoms with Crippen LogP contribution in [0.25, 0.3) is 0 Å². The van der Waals surface area contributed by atoms with E-state index in [0.29, 0.717) is 23.3 Å². The molecule has 0 saturated heterocycles. The largest absolute Gasteiger partial charge is 0.573 e. The van der Waals surface area contributed by atoms with E-state index in [1.807, 2.05) is 71.4 Å². The number of aromatic nitrogens is 2. The van der Waals surface area contributed by atoms with Crippen molar-refractivity contribution in [2.45, 2.75) is 172 Å². The SMILES string of the molecule is CC(C)CCc1cccnc1.CC(C)c1ccc(F)cc1.CC(C)c1ccc(OC(F)(F)F)cc1.CC(C)c1ccccc1OC(F)(F)F.CCN(CC)Cc1cccc(C(C)C)c1.Cc1ccc(CCC(C)C)cn1. The lowest BCUT2D eigenvalue weighted by Crippen LogP contribution is -2.22. The van der Waals surface area contributed by atoms with Crippen LogP contribution in [0.5, 0.6) is 11.5 Å². The Morgan fingerprint density at radius 3 is 1.43 bits per heavy atom. The Kier molecular flexibility index (Phi) is 32.6. The molecule has 2 heterocycles. The highest BCUT2D eigenvalue weighted by Crippen LogP contribution is 2.31. The third kappa shape index (κ3) is 32.6. The van der Waals surface area contributed by atoms with Gasteiger partial charge in [0.2, 0.25) is 0 Å². The fraction of sp³-hybridized carbons (Fsp3) is 0.469. The lowest BCUT2D eigenvalue weighted by Gasteiger charge is -2.18. The van der Waals surface area contributed by atoms with Crippen LogP contribution >= 0.6 is 0 Å². The maximum absolute atomic E-state index is 12.4. The van der Waals surface area contributed by atoms with Crippen LogP contribution in [0.2, 0.25) is 0 Å². The van der Waals surface area contributed by atoms with Gasteiger partial charge < -0.3 is 9.47 Å². The monoisotopic (exact) mass is 1060 g/mol. The zero-order valence-corrected chi connectivity index (χ0v) is 48.0. The van der Waals surface area contributed by atoms with Gasteiger partial charge in [0.25, 0.3) is 0 Å². The summed E-state index contributed by atoms with van der Waals surface area (Å²) in [6.45, 7) is 35.0. The van der Waals surface area contributed by atoms with Gasteiger partial charge in [-0.25, -0.2) is 4.39 Å². The van der Waals surface area contributed by atoms with E-state index in [-0.39, 0.29) is 23.2 Å². The zero-order chi connectivity index (χ0) is 57.4. The molecule has 0 saturated carbocycles. The Labute approximate surface area is 452 Å². The van der Waals surface area contributed by atoms with Crippen molar-refractivity contribution < 1.29 is 40.2 Å². The zero-order valence-electron chi connectivity index (χ0n) is 48.0. The van der Waals surface area contributed by atoms with E-state index in [0.717, 1.165) is 55.6 Å². The van der Waals surface area contributed by atoms with Gasteiger partial charge in [-0.3, -0.25) is 14.9 Å². The van der Waals surface area contributed by atoms with Crippen LogP contribution in [0.4, 0.5) is 30.7 Å². The summed E-state index contributed by atoms with van der Waals surface area (Å²) in [6.07, 6.45) is 1.34. The molecule has 0 radical (unpaired) electrons. The molecule has 0 aliphatic heterocycles. The second kappa shape index (κ2) is 36.3. The van der Waals surface area contributed by atoms with E-state index in [1.54, 1.807) is 24.3 Å². The Morgan fingerprint density at radius 1 is 0.500 bits per heavy atom. The number of hydrogen-bond donors (Lipinski definition) is 0. The fourth-order valence-electron chi connectivity index (χ4n) is 6.94. The topological polar surface area (TPSA) is 47.5 Å². The molecule has 0 spiro atoms. The summed E-state index contributed by atoms with van der Waals surface area (Å²) in [5.41, 5.74) is 9.41. The van der Waals surface area contributed by atoms with Gasteiger partial charge in [0.1, 0.15) is 17.3 Å². The van der Waals surface area contributed by atoms with Crippen LogP contribution in [-0.2, 0) is 19.4 Å². The van der Waals surface area contributed by atoms with Crippen molar-refractivity contribution in [1.29, 1.82) is 0 Å². The molecule has 0 atom stereocenters. The number of rotatable bonds is 16. The minimum atomic E-state index is -4.62. The van der Waals surface area contributed by atoms with E-state index in [2.05, 4.69) is 136 Å². The first kappa shape index (κ1) is 68.3. The fourth-order valence-corrected chi connectivity index (χ4v) is 6.94. The molecular weight excluding hydrogens is 976 g/mol. The second-order valence-electron chi connectivity index (χ2n) is 20.6. The molecule has 2 aromatic heterocycles. The summed E-state index contributed by atoms with van der Waals surface area (Å²) in [5, 5.41) is 0. The van der Waals surface area contributed by atoms with Gasteiger partial charge in [-0.1, -0.05) is 176 Å². The maximum atomic E-state index is 12.4. The Hall–Kier alpha value is -5.75. The number of ether oxygens (including phenoxy) is 2. The van der Waals surface area contributed by atoms with Gasteiger partial charge in [-0.2, -0.15) is 0 Å². The third-order valence-electron chi connectivity index (χ3n) is 11.7. The quantitative estimate of drug-likeness (QED) is 0.0904. The minimum Gasteiger partial charge on any atom is -0.406 e. The van der Waals surface area contributed by atoms with Crippen molar-refractivity contribution in [2.75, 3.05) is 13.1 Å². The van der Waals surface area contributed by atoms with E-state index in [9.17, 15) is 30.7 Å². The van der Waals surface area contributed by atoms with Gasteiger partial charge in [-0.05, 0) is 163 Å². The smallest absolute Gasteiger partial charge is 0.406 e. The average Bonchev–Trinajstić information content (AvgIpc) is 3.35. The average molecular weight is 1060 g/mol. The highest BCUT2D eigenvalue weighted by Gasteiger charge is 2.32. The van der Waals surface area contributed by atoms with Gasteiger partial charge in [0.15, 0.2) is 0 Å². The summed E-state index contributed by atoms with van der Waals surface area (Å²) in [7, 11) is 0. The molecule has 6 aromatic rings. The van der Waals surface area contributed by atoms with Crippen molar-refractivity contribution in [3.05, 3.63) is 190 Å². The molecule has 0 bridgehead atoms. The molecule has 0 aliphatic carbocycles. The lowest BCUT2D eigenvalue weighted by molar-refractivity contribution is -0.275. The predicted molar refractivity (Wildman–Crippen MR) is 302 cm³/mol. The van der Waals surface area contributed by atoms with Crippen molar-refractivity contribution in [2.24, 2.45) is 11.8 Å². The molecule has 0 unspecified atom stereocenters. The normalized spacial score (nSPS) is 11.2. The molecular formula is C64H88F7N3O2. The van der Waals surface area contributed by atoms with E-state index < -0.39 is 12.7 Å². The van der Waals surface area contributed by atoms with Gasteiger partial charge >= 0.3 is 12.7 Å². The van der Waals surface area contributed by atoms with Crippen molar-refractivity contribution in [1.82, 2.24) is 14.9 Å². The van der Waals surface area contributed by atoms with Crippen LogP contribution in [0.3, 0.4) is 0 Å². The standard InChI is InChI=1S/C14H23N.C11H17N.2C10H11F3O.C10H15N.C9H11F/c1-5-15(6-2)11-13-8-7-9-14(10-13)12(3)4;1-9(2)4-6-11-7-5-10(3)12-8-11;1-7(2)8-3-5-9(6-4-8)14-10(11,12)13;1-7(2)8-5-3-4-6-9(8)14-10(11,12)13;1-9(2)5-6-10-4-3-7-11-8-10;1-7(2)8-3-5-9(10)6-4-8/h7-10,12H,5-6,11H2,1-4H3;5,7-9H,4,6H2,1-3H3;2*3-7H,1-2H3;3-4,7-9H,5-6H2,1-2H3;3-7H,1-2H3. The van der Waals surface area contributed by atoms with Gasteiger partial charge in [-0.15, -0.1) is 26.3 Å². The molecule has 0 N–H and O–H groups in total. The third-order valence-corrected chi connectivity index (χ3v) is 11.7. The Bertz CT molecular complexity index is 2380. The van der Waals surface area contributed by atoms with Gasteiger partial charge in [0, 0.05) is 30.8 Å². The first-order valence-electron chi connectivity index (χ1n) is 26.7. The maximum Gasteiger partial charge on any atom is 0.573 e. The molecule has 12 heteroatoms. The molecule has 0 amide bonds. The first-order valence-corrected chi connectivity index (χ1v) is 26.7. The van der Waals surface area contributed by atoms with Crippen LogP contribution in [0, 0.1) is 24.6 Å². The number of nitrogens with zero attached hydrogens (tertiary/aromatic N) is 3. The minimum absolute atomic E-state index is 0.00792. The number of benzene rings is 4. The Balaban J connectivity index is 0.000000458. The number of alkyl halides is 6. The summed E-state index contributed by atoms with van der Waals surface area (Å²) >= 11 is 0. The van der Waals surface area contributed by atoms with Crippen LogP contribution in [-0.4, -0.2) is 40.7 Å². The number of hydrogen-bond acceptors (Lipinski definition) is 5. The van der Waals surface area contributed by atoms with E-state index in [1.165, 1.54) is 77.1 Å². The number of para-hydroxylation sites is 1. The molecule has 76 heavy (non-hydrogen) atoms. The summed E-state index contributed by atoms with van der Waals surface area (Å²) in [4.78, 5) is 10.8. The molecule has 0 aliphatic rings. The number of aryl methyl sites for hydroxylation is 3. The van der Waals surface area contributed by atoms with E-state index in [4.69, 9.17) is 0 Å². The second-order valence-corrected chi connectivity index (χ2v) is 20.6. The van der Waals surface area contributed by atoms with Crippen LogP contribution in [0.1, 0.15) is 178 Å². The number of pyridine rings is 2. The van der Waals surface area contributed by atoms with Crippen molar-refractivity contribution in [3.63, 3.8) is 0 Å². The molecule has 4 aromatic carbocycles. The molecule has 6 rings (SSSR count). The summed E-state index contributed by atoms with van der Waals surface area (Å²) < 4.78 is 91.2. The predicted octanol–water partition coefficient (Wildman–Crippen LogP) is 19.7. The highest BCUT2D eigenvalue weighted by molar-refractivity contribution is 5.35. The first-order chi connectivity index (χ1) is 35.6. The van der Waals surface area contributed by atoms with Crippen molar-refractivity contribution in [3.8, 4) is 11.5 Å². The van der Waals surface area contributed by atoms with Gasteiger partial charge in [0.05, 0.1) is 0 Å². The van der Waals surface area contributed by atoms with Crippen LogP contribution < -0.4 is 9.47 Å². The summed E-state index contributed by atoms with van der Waals surface area (Å²) in [5.74, 6) is 2.54. The molecule has 5 nitrogen and oxygen atoms in total. The van der Waals surface area contributed by atoms with E-state index >= 15 is 0 Å². The molecule has 420 valence electrons. The van der Waals surface area contributed by atoms with Crippen LogP contribution in [0.15, 0.2) is 140 Å². The summed E-state index contributed by atoms with van der Waals surface area (Å²) in [6, 6.07) is 36.0. The number of halogens is 7.